The van der Waals surface area contributed by atoms with E-state index in [1.165, 1.54) is 17.8 Å². The van der Waals surface area contributed by atoms with E-state index < -0.39 is 11.8 Å². The molecule has 0 atom stereocenters. The van der Waals surface area contributed by atoms with Crippen LogP contribution in [0.25, 0.3) is 6.08 Å². The normalized spacial score (nSPS) is 11.0. The van der Waals surface area contributed by atoms with Crippen molar-refractivity contribution in [1.29, 1.82) is 0 Å². The SMILES string of the molecule is CCCCOc1ccc(NC(=O)CSc2cccc(NC(=O)/C(=C\c3cccc(Cl)c3Cl)NC(=O)c3ccccc3)c2)cc1. The summed E-state index contributed by atoms with van der Waals surface area (Å²) in [5.74, 6) is -0.265. The number of nitrogens with one attached hydrogen (secondary N) is 3. The molecule has 0 saturated carbocycles. The lowest BCUT2D eigenvalue weighted by molar-refractivity contribution is -0.114. The molecule has 3 N–H and O–H groups in total. The number of hydrogen-bond acceptors (Lipinski definition) is 5. The first-order valence-corrected chi connectivity index (χ1v) is 15.7. The van der Waals surface area contributed by atoms with Crippen molar-refractivity contribution in [3.63, 3.8) is 0 Å². The van der Waals surface area contributed by atoms with Gasteiger partial charge in [-0.1, -0.05) is 72.9 Å². The second kappa shape index (κ2) is 16.6. The van der Waals surface area contributed by atoms with Crippen molar-refractivity contribution in [2.75, 3.05) is 23.0 Å². The van der Waals surface area contributed by atoms with Crippen molar-refractivity contribution in [2.45, 2.75) is 24.7 Å². The molecular weight excluding hydrogens is 617 g/mol. The number of unbranched alkanes of at least 4 members (excludes halogenated alkanes) is 1. The number of thioether (sulfide) groups is 1. The van der Waals surface area contributed by atoms with Crippen LogP contribution in [0.3, 0.4) is 0 Å². The second-order valence-electron chi connectivity index (χ2n) is 9.57. The Labute approximate surface area is 271 Å². The number of anilines is 2. The number of halogens is 2. The van der Waals surface area contributed by atoms with Gasteiger partial charge in [0.05, 0.1) is 22.4 Å². The molecule has 10 heteroatoms. The Balaban J connectivity index is 1.40. The highest BCUT2D eigenvalue weighted by Crippen LogP contribution is 2.28. The first-order valence-electron chi connectivity index (χ1n) is 13.9. The molecule has 0 aromatic heterocycles. The Morgan fingerprint density at radius 2 is 1.59 bits per heavy atom. The molecule has 226 valence electrons. The lowest BCUT2D eigenvalue weighted by atomic mass is 10.1. The van der Waals surface area contributed by atoms with Crippen LogP contribution in [0.5, 0.6) is 5.75 Å². The lowest BCUT2D eigenvalue weighted by Crippen LogP contribution is -2.30. The smallest absolute Gasteiger partial charge is 0.272 e. The molecule has 3 amide bonds. The molecule has 0 aliphatic carbocycles. The fourth-order valence-electron chi connectivity index (χ4n) is 3.91. The van der Waals surface area contributed by atoms with Crippen LogP contribution in [0, 0.1) is 0 Å². The van der Waals surface area contributed by atoms with E-state index >= 15 is 0 Å². The highest BCUT2D eigenvalue weighted by Gasteiger charge is 2.17. The number of benzene rings is 4. The number of ether oxygens (including phenoxy) is 1. The van der Waals surface area contributed by atoms with Crippen LogP contribution >= 0.6 is 35.0 Å². The van der Waals surface area contributed by atoms with Gasteiger partial charge in [0.25, 0.3) is 11.8 Å². The number of carbonyl (C=O) groups excluding carboxylic acids is 3. The van der Waals surface area contributed by atoms with Gasteiger partial charge in [0.2, 0.25) is 5.91 Å². The summed E-state index contributed by atoms with van der Waals surface area (Å²) in [6, 6.07) is 27.9. The zero-order valence-corrected chi connectivity index (χ0v) is 26.3. The van der Waals surface area contributed by atoms with Gasteiger partial charge >= 0.3 is 0 Å². The molecule has 4 rings (SSSR count). The van der Waals surface area contributed by atoms with Crippen molar-refractivity contribution in [1.82, 2.24) is 5.32 Å². The Morgan fingerprint density at radius 1 is 0.841 bits per heavy atom. The van der Waals surface area contributed by atoms with E-state index in [1.807, 2.05) is 18.2 Å². The molecule has 4 aromatic carbocycles. The molecule has 0 aliphatic rings. The van der Waals surface area contributed by atoms with Gasteiger partial charge in [0.15, 0.2) is 0 Å². The summed E-state index contributed by atoms with van der Waals surface area (Å²) >= 11 is 13.8. The van der Waals surface area contributed by atoms with Gasteiger partial charge in [-0.25, -0.2) is 0 Å². The summed E-state index contributed by atoms with van der Waals surface area (Å²) < 4.78 is 5.66. The Hall–Kier alpha value is -4.24. The number of rotatable bonds is 13. The highest BCUT2D eigenvalue weighted by atomic mass is 35.5. The maximum atomic E-state index is 13.4. The molecule has 0 aliphatic heterocycles. The minimum Gasteiger partial charge on any atom is -0.494 e. The maximum Gasteiger partial charge on any atom is 0.272 e. The molecular formula is C34H31Cl2N3O4S. The monoisotopic (exact) mass is 647 g/mol. The van der Waals surface area contributed by atoms with Gasteiger partial charge in [0, 0.05) is 21.8 Å². The maximum absolute atomic E-state index is 13.4. The lowest BCUT2D eigenvalue weighted by Gasteiger charge is -2.13. The van der Waals surface area contributed by atoms with Crippen molar-refractivity contribution in [3.8, 4) is 5.75 Å². The zero-order valence-electron chi connectivity index (χ0n) is 23.9. The van der Waals surface area contributed by atoms with Crippen LogP contribution < -0.4 is 20.7 Å². The van der Waals surface area contributed by atoms with Crippen LogP contribution in [0.1, 0.15) is 35.7 Å². The third-order valence-corrected chi connectivity index (χ3v) is 8.00. The zero-order chi connectivity index (χ0) is 31.3. The van der Waals surface area contributed by atoms with Gasteiger partial charge in [-0.15, -0.1) is 11.8 Å². The van der Waals surface area contributed by atoms with E-state index in [4.69, 9.17) is 27.9 Å². The van der Waals surface area contributed by atoms with E-state index in [1.54, 1.807) is 78.9 Å². The topological polar surface area (TPSA) is 96.5 Å². The number of amides is 3. The Bertz CT molecular complexity index is 1630. The first kappa shape index (κ1) is 32.7. The third kappa shape index (κ3) is 9.91. The van der Waals surface area contributed by atoms with Crippen LogP contribution in [0.2, 0.25) is 10.0 Å². The molecule has 0 fully saturated rings. The van der Waals surface area contributed by atoms with Crippen molar-refractivity contribution < 1.29 is 19.1 Å². The molecule has 0 heterocycles. The fraction of sp³-hybridized carbons (Fsp3) is 0.147. The predicted molar refractivity (Wildman–Crippen MR) is 180 cm³/mol. The molecule has 44 heavy (non-hydrogen) atoms. The third-order valence-electron chi connectivity index (χ3n) is 6.18. The molecule has 0 saturated heterocycles. The van der Waals surface area contributed by atoms with Crippen molar-refractivity contribution >= 4 is 70.1 Å². The van der Waals surface area contributed by atoms with Gasteiger partial charge in [-0.2, -0.15) is 0 Å². The largest absolute Gasteiger partial charge is 0.494 e. The summed E-state index contributed by atoms with van der Waals surface area (Å²) in [6.45, 7) is 2.77. The van der Waals surface area contributed by atoms with E-state index in [-0.39, 0.29) is 22.4 Å². The standard InChI is InChI=1S/C34H31Cl2N3O4S/c1-2-3-19-43-27-17-15-25(16-18-27)37-31(40)22-44-28-13-8-12-26(21-28)38-34(42)30(20-24-11-7-14-29(35)32(24)36)39-33(41)23-9-5-4-6-10-23/h4-18,20-21H,2-3,19,22H2,1H3,(H,37,40)(H,38,42)(H,39,41)/b30-20+. The Morgan fingerprint density at radius 3 is 2.34 bits per heavy atom. The van der Waals surface area contributed by atoms with Crippen LogP contribution in [-0.2, 0) is 9.59 Å². The predicted octanol–water partition coefficient (Wildman–Crippen LogP) is 8.31. The molecule has 7 nitrogen and oxygen atoms in total. The highest BCUT2D eigenvalue weighted by molar-refractivity contribution is 8.00. The minimum atomic E-state index is -0.563. The molecule has 4 aromatic rings. The van der Waals surface area contributed by atoms with E-state index in [0.29, 0.717) is 34.1 Å². The summed E-state index contributed by atoms with van der Waals surface area (Å²) in [7, 11) is 0. The Kier molecular flexibility index (Phi) is 12.3. The van der Waals surface area contributed by atoms with Crippen molar-refractivity contribution in [2.24, 2.45) is 0 Å². The molecule has 0 unspecified atom stereocenters. The fourth-order valence-corrected chi connectivity index (χ4v) is 5.02. The van der Waals surface area contributed by atoms with E-state index in [0.717, 1.165) is 23.5 Å². The number of carbonyl (C=O) groups is 3. The summed E-state index contributed by atoms with van der Waals surface area (Å²) in [5.41, 5.74) is 1.98. The van der Waals surface area contributed by atoms with Gasteiger partial charge in [-0.05, 0) is 78.7 Å². The molecule has 0 radical (unpaired) electrons. The van der Waals surface area contributed by atoms with Gasteiger partial charge in [-0.3, -0.25) is 14.4 Å². The minimum absolute atomic E-state index is 0.0257. The second-order valence-corrected chi connectivity index (χ2v) is 11.4. The van der Waals surface area contributed by atoms with Crippen LogP contribution in [-0.4, -0.2) is 30.1 Å². The van der Waals surface area contributed by atoms with Crippen molar-refractivity contribution in [3.05, 3.63) is 124 Å². The quantitative estimate of drug-likeness (QED) is 0.0770. The average Bonchev–Trinajstić information content (AvgIpc) is 3.03. The summed E-state index contributed by atoms with van der Waals surface area (Å²) in [5, 5.41) is 8.95. The molecule has 0 bridgehead atoms. The number of hydrogen-bond donors (Lipinski definition) is 3. The summed E-state index contributed by atoms with van der Waals surface area (Å²) in [6.07, 6.45) is 3.52. The first-order chi connectivity index (χ1) is 21.3. The van der Waals surface area contributed by atoms with Gasteiger partial charge < -0.3 is 20.7 Å². The van der Waals surface area contributed by atoms with E-state index in [2.05, 4.69) is 22.9 Å². The van der Waals surface area contributed by atoms with E-state index in [9.17, 15) is 14.4 Å². The van der Waals surface area contributed by atoms with Crippen LogP contribution in [0.4, 0.5) is 11.4 Å². The average molecular weight is 649 g/mol. The van der Waals surface area contributed by atoms with Gasteiger partial charge in [0.1, 0.15) is 11.4 Å². The molecule has 0 spiro atoms. The summed E-state index contributed by atoms with van der Waals surface area (Å²) in [4.78, 5) is 39.7. The van der Waals surface area contributed by atoms with Crippen LogP contribution in [0.15, 0.2) is 108 Å².